The van der Waals surface area contributed by atoms with Crippen LogP contribution in [0.25, 0.3) is 0 Å². The van der Waals surface area contributed by atoms with Crippen molar-refractivity contribution in [3.05, 3.63) is 23.8 Å². The van der Waals surface area contributed by atoms with Crippen LogP contribution in [0.1, 0.15) is 24.8 Å². The molecule has 3 N–H and O–H groups in total. The third-order valence-corrected chi connectivity index (χ3v) is 3.62. The number of hydrogen-bond donors (Lipinski definition) is 2. The molecule has 0 atom stereocenters. The fourth-order valence-corrected chi connectivity index (χ4v) is 2.07. The zero-order valence-corrected chi connectivity index (χ0v) is 13.3. The van der Waals surface area contributed by atoms with E-state index in [2.05, 4.69) is 5.32 Å². The smallest absolute Gasteiger partial charge is 0.240 e. The number of benzene rings is 1. The van der Waals surface area contributed by atoms with Gasteiger partial charge in [-0.3, -0.25) is 4.79 Å². The predicted molar refractivity (Wildman–Crippen MR) is 84.3 cm³/mol. The lowest BCUT2D eigenvalue weighted by molar-refractivity contribution is -0.123. The molecule has 5 nitrogen and oxygen atoms in total. The first kappa shape index (κ1) is 17.6. The van der Waals surface area contributed by atoms with Crippen molar-refractivity contribution < 1.29 is 14.3 Å². The van der Waals surface area contributed by atoms with Crippen LogP contribution in [0.4, 0.5) is 0 Å². The third-order valence-electron chi connectivity index (χ3n) is 3.62. The summed E-state index contributed by atoms with van der Waals surface area (Å²) >= 11 is 0. The zero-order chi connectivity index (χ0) is 14.6. The van der Waals surface area contributed by atoms with Crippen LogP contribution in [0.15, 0.2) is 18.2 Å². The molecule has 0 radical (unpaired) electrons. The number of aryl methyl sites for hydroxylation is 1. The highest BCUT2D eigenvalue weighted by atomic mass is 35.5. The van der Waals surface area contributed by atoms with Crippen molar-refractivity contribution in [3.8, 4) is 11.5 Å². The summed E-state index contributed by atoms with van der Waals surface area (Å²) in [6.45, 7) is 0.645. The van der Waals surface area contributed by atoms with Crippen molar-refractivity contribution in [2.45, 2.75) is 31.2 Å². The van der Waals surface area contributed by atoms with Crippen LogP contribution in [-0.2, 0) is 11.2 Å². The van der Waals surface area contributed by atoms with Gasteiger partial charge in [0, 0.05) is 6.54 Å². The number of nitrogens with one attached hydrogen (secondary N) is 1. The van der Waals surface area contributed by atoms with Crippen molar-refractivity contribution >= 4 is 18.3 Å². The summed E-state index contributed by atoms with van der Waals surface area (Å²) < 4.78 is 10.5. The summed E-state index contributed by atoms with van der Waals surface area (Å²) in [5, 5.41) is 2.89. The molecule has 21 heavy (non-hydrogen) atoms. The number of carbonyl (C=O) groups is 1. The van der Waals surface area contributed by atoms with E-state index < -0.39 is 5.54 Å². The molecule has 0 aromatic heterocycles. The van der Waals surface area contributed by atoms with E-state index in [-0.39, 0.29) is 18.3 Å². The number of methoxy groups -OCH3 is 2. The number of halogens is 1. The average Bonchev–Trinajstić information content (AvgIpc) is 3.22. The maximum Gasteiger partial charge on any atom is 0.240 e. The molecule has 1 aromatic carbocycles. The molecule has 1 fully saturated rings. The topological polar surface area (TPSA) is 73.6 Å². The van der Waals surface area contributed by atoms with Crippen molar-refractivity contribution in [2.24, 2.45) is 5.73 Å². The normalized spacial score (nSPS) is 14.8. The number of ether oxygens (including phenoxy) is 2. The van der Waals surface area contributed by atoms with Crippen LogP contribution in [-0.4, -0.2) is 32.2 Å². The van der Waals surface area contributed by atoms with E-state index in [1.54, 1.807) is 14.2 Å². The van der Waals surface area contributed by atoms with Crippen molar-refractivity contribution in [1.82, 2.24) is 5.32 Å². The largest absolute Gasteiger partial charge is 0.493 e. The number of hydrogen-bond acceptors (Lipinski definition) is 4. The summed E-state index contributed by atoms with van der Waals surface area (Å²) in [6, 6.07) is 5.87. The fourth-order valence-electron chi connectivity index (χ4n) is 2.07. The number of nitrogens with two attached hydrogens (primary N) is 1. The van der Waals surface area contributed by atoms with Crippen LogP contribution in [0, 0.1) is 0 Å². The van der Waals surface area contributed by atoms with E-state index in [4.69, 9.17) is 15.2 Å². The second-order valence-electron chi connectivity index (χ2n) is 5.20. The second kappa shape index (κ2) is 7.52. The Balaban J connectivity index is 0.00000220. The van der Waals surface area contributed by atoms with E-state index >= 15 is 0 Å². The van der Waals surface area contributed by atoms with Crippen molar-refractivity contribution in [3.63, 3.8) is 0 Å². The molecule has 6 heteroatoms. The Morgan fingerprint density at radius 2 is 1.95 bits per heavy atom. The summed E-state index contributed by atoms with van der Waals surface area (Å²) in [5.74, 6) is 1.43. The maximum absolute atomic E-state index is 11.6. The quantitative estimate of drug-likeness (QED) is 0.751. The van der Waals surface area contributed by atoms with E-state index in [0.29, 0.717) is 6.54 Å². The van der Waals surface area contributed by atoms with Gasteiger partial charge in [0.25, 0.3) is 0 Å². The van der Waals surface area contributed by atoms with Gasteiger partial charge < -0.3 is 20.5 Å². The van der Waals surface area contributed by atoms with Crippen LogP contribution in [0.5, 0.6) is 11.5 Å². The molecule has 1 aliphatic rings. The van der Waals surface area contributed by atoms with Gasteiger partial charge in [0.05, 0.1) is 19.8 Å². The monoisotopic (exact) mass is 314 g/mol. The van der Waals surface area contributed by atoms with Crippen LogP contribution in [0.3, 0.4) is 0 Å². The van der Waals surface area contributed by atoms with E-state index in [1.807, 2.05) is 18.2 Å². The van der Waals surface area contributed by atoms with Gasteiger partial charge in [-0.05, 0) is 43.4 Å². The number of amides is 1. The van der Waals surface area contributed by atoms with Crippen molar-refractivity contribution in [2.75, 3.05) is 20.8 Å². The molecular formula is C15H23ClN2O3. The third kappa shape index (κ3) is 4.51. The van der Waals surface area contributed by atoms with Gasteiger partial charge in [-0.25, -0.2) is 0 Å². The second-order valence-corrected chi connectivity index (χ2v) is 5.20. The van der Waals surface area contributed by atoms with Gasteiger partial charge in [-0.1, -0.05) is 6.07 Å². The molecule has 1 amide bonds. The Labute approximate surface area is 131 Å². The van der Waals surface area contributed by atoms with Crippen LogP contribution in [0.2, 0.25) is 0 Å². The first-order valence-corrected chi connectivity index (χ1v) is 6.87. The summed E-state index contributed by atoms with van der Waals surface area (Å²) in [4.78, 5) is 11.6. The van der Waals surface area contributed by atoms with Gasteiger partial charge >= 0.3 is 0 Å². The summed E-state index contributed by atoms with van der Waals surface area (Å²) in [5.41, 5.74) is 6.39. The summed E-state index contributed by atoms with van der Waals surface area (Å²) in [6.07, 6.45) is 3.35. The molecule has 118 valence electrons. The highest BCUT2D eigenvalue weighted by Crippen LogP contribution is 2.32. The molecule has 0 saturated heterocycles. The maximum atomic E-state index is 11.6. The van der Waals surface area contributed by atoms with Gasteiger partial charge in [0.15, 0.2) is 11.5 Å². The zero-order valence-electron chi connectivity index (χ0n) is 12.5. The highest BCUT2D eigenvalue weighted by molar-refractivity contribution is 5.88. The Kier molecular flexibility index (Phi) is 6.30. The number of carbonyl (C=O) groups excluding carboxylic acids is 1. The fraction of sp³-hybridized carbons (Fsp3) is 0.533. The van der Waals surface area contributed by atoms with Crippen LogP contribution >= 0.6 is 12.4 Å². The molecular weight excluding hydrogens is 292 g/mol. The van der Waals surface area contributed by atoms with Crippen LogP contribution < -0.4 is 20.5 Å². The van der Waals surface area contributed by atoms with Crippen molar-refractivity contribution in [1.29, 1.82) is 0 Å². The molecule has 0 spiro atoms. The van der Waals surface area contributed by atoms with Gasteiger partial charge in [-0.15, -0.1) is 12.4 Å². The predicted octanol–water partition coefficient (Wildman–Crippen LogP) is 1.67. The Morgan fingerprint density at radius 3 is 2.52 bits per heavy atom. The Morgan fingerprint density at radius 1 is 1.29 bits per heavy atom. The SMILES string of the molecule is COc1ccc(CCCNC(=O)C2(N)CC2)cc1OC.Cl. The van der Waals surface area contributed by atoms with Gasteiger partial charge in [0.1, 0.15) is 0 Å². The lowest BCUT2D eigenvalue weighted by Gasteiger charge is -2.11. The lowest BCUT2D eigenvalue weighted by atomic mass is 10.1. The minimum Gasteiger partial charge on any atom is -0.493 e. The van der Waals surface area contributed by atoms with E-state index in [9.17, 15) is 4.79 Å². The first-order valence-electron chi connectivity index (χ1n) is 6.87. The molecule has 0 bridgehead atoms. The molecule has 0 unspecified atom stereocenters. The van der Waals surface area contributed by atoms with Gasteiger partial charge in [0.2, 0.25) is 5.91 Å². The molecule has 1 aromatic rings. The Hall–Kier alpha value is -1.46. The highest BCUT2D eigenvalue weighted by Gasteiger charge is 2.45. The molecule has 1 aliphatic carbocycles. The summed E-state index contributed by atoms with van der Waals surface area (Å²) in [7, 11) is 3.24. The van der Waals surface area contributed by atoms with E-state index in [0.717, 1.165) is 42.7 Å². The first-order chi connectivity index (χ1) is 9.59. The minimum atomic E-state index is -0.580. The molecule has 0 heterocycles. The Bertz CT molecular complexity index is 490. The van der Waals surface area contributed by atoms with Gasteiger partial charge in [-0.2, -0.15) is 0 Å². The average molecular weight is 315 g/mol. The molecule has 1 saturated carbocycles. The number of rotatable bonds is 7. The van der Waals surface area contributed by atoms with E-state index in [1.165, 1.54) is 0 Å². The minimum absolute atomic E-state index is 0. The lowest BCUT2D eigenvalue weighted by Crippen LogP contribution is -2.43. The molecule has 2 rings (SSSR count). The molecule has 0 aliphatic heterocycles. The standard InChI is InChI=1S/C15H22N2O3.ClH/c1-19-12-6-5-11(10-13(12)20-2)4-3-9-17-14(18)15(16)7-8-15;/h5-6,10H,3-4,7-9,16H2,1-2H3,(H,17,18);1H.